The van der Waals surface area contributed by atoms with Crippen molar-refractivity contribution < 1.29 is 4.74 Å². The largest absolute Gasteiger partial charge is 0.497 e. The predicted molar refractivity (Wildman–Crippen MR) is 84.2 cm³/mol. The molecule has 0 spiro atoms. The molecule has 1 atom stereocenters. The highest BCUT2D eigenvalue weighted by atomic mass is 16.5. The van der Waals surface area contributed by atoms with Gasteiger partial charge in [-0.15, -0.1) is 0 Å². The highest BCUT2D eigenvalue weighted by molar-refractivity contribution is 5.30. The number of rotatable bonds is 7. The van der Waals surface area contributed by atoms with Gasteiger partial charge in [-0.25, -0.2) is 0 Å². The van der Waals surface area contributed by atoms with Crippen molar-refractivity contribution in [2.45, 2.75) is 25.8 Å². The van der Waals surface area contributed by atoms with Crippen LogP contribution in [0.1, 0.15) is 30.5 Å². The number of methoxy groups -OCH3 is 1. The van der Waals surface area contributed by atoms with Crippen molar-refractivity contribution in [3.8, 4) is 5.75 Å². The average Bonchev–Trinajstić information content (AvgIpc) is 2.52. The minimum Gasteiger partial charge on any atom is -0.497 e. The molecular weight excluding hydrogens is 246 g/mol. The van der Waals surface area contributed by atoms with E-state index < -0.39 is 0 Å². The fraction of sp³-hybridized carbons (Fsp3) is 0.333. The maximum Gasteiger partial charge on any atom is 0.119 e. The molecule has 0 amide bonds. The molecule has 0 unspecified atom stereocenters. The highest BCUT2D eigenvalue weighted by Crippen LogP contribution is 2.18. The van der Waals surface area contributed by atoms with E-state index in [1.165, 1.54) is 11.1 Å². The number of nitrogens with one attached hydrogen (secondary N) is 1. The van der Waals surface area contributed by atoms with Crippen molar-refractivity contribution in [1.29, 1.82) is 0 Å². The van der Waals surface area contributed by atoms with Gasteiger partial charge in [0.05, 0.1) is 7.11 Å². The smallest absolute Gasteiger partial charge is 0.119 e. The summed E-state index contributed by atoms with van der Waals surface area (Å²) >= 11 is 0. The van der Waals surface area contributed by atoms with Gasteiger partial charge in [0.2, 0.25) is 0 Å². The number of aryl methyl sites for hydroxylation is 1. The molecule has 2 nitrogen and oxygen atoms in total. The number of benzene rings is 2. The second-order valence-corrected chi connectivity index (χ2v) is 5.04. The maximum atomic E-state index is 5.26. The Kier molecular flexibility index (Phi) is 5.63. The Morgan fingerprint density at radius 1 is 1.05 bits per heavy atom. The first-order valence-corrected chi connectivity index (χ1v) is 7.21. The van der Waals surface area contributed by atoms with Gasteiger partial charge >= 0.3 is 0 Å². The van der Waals surface area contributed by atoms with Gasteiger partial charge in [0.25, 0.3) is 0 Å². The third-order valence-corrected chi connectivity index (χ3v) is 3.53. The Morgan fingerprint density at radius 3 is 2.60 bits per heavy atom. The molecule has 0 aliphatic heterocycles. The lowest BCUT2D eigenvalue weighted by Crippen LogP contribution is -2.20. The molecule has 1 N–H and O–H groups in total. The summed E-state index contributed by atoms with van der Waals surface area (Å²) in [5.41, 5.74) is 2.67. The molecule has 0 bridgehead atoms. The Balaban J connectivity index is 1.76. The second-order valence-electron chi connectivity index (χ2n) is 5.04. The molecule has 2 heteroatoms. The molecular formula is C18H23NO. The average molecular weight is 269 g/mol. The van der Waals surface area contributed by atoms with E-state index in [-0.39, 0.29) is 0 Å². The van der Waals surface area contributed by atoms with E-state index in [9.17, 15) is 0 Å². The lowest BCUT2D eigenvalue weighted by Gasteiger charge is -2.15. The summed E-state index contributed by atoms with van der Waals surface area (Å²) in [4.78, 5) is 0. The predicted octanol–water partition coefficient (Wildman–Crippen LogP) is 3.98. The molecule has 0 saturated carbocycles. The van der Waals surface area contributed by atoms with Crippen LogP contribution in [0.5, 0.6) is 5.75 Å². The number of hydrogen-bond acceptors (Lipinski definition) is 2. The van der Waals surface area contributed by atoms with E-state index in [4.69, 9.17) is 4.74 Å². The van der Waals surface area contributed by atoms with E-state index in [1.54, 1.807) is 7.11 Å². The summed E-state index contributed by atoms with van der Waals surface area (Å²) in [7, 11) is 1.71. The van der Waals surface area contributed by atoms with Gasteiger partial charge in [-0.3, -0.25) is 0 Å². The van der Waals surface area contributed by atoms with E-state index >= 15 is 0 Å². The summed E-state index contributed by atoms with van der Waals surface area (Å²) in [6.07, 6.45) is 2.27. The Labute approximate surface area is 121 Å². The molecule has 2 aromatic rings. The van der Waals surface area contributed by atoms with Crippen LogP contribution in [0.4, 0.5) is 0 Å². The van der Waals surface area contributed by atoms with Crippen LogP contribution in [0.2, 0.25) is 0 Å². The van der Waals surface area contributed by atoms with Gasteiger partial charge < -0.3 is 10.1 Å². The van der Waals surface area contributed by atoms with Crippen LogP contribution in [0, 0.1) is 0 Å². The fourth-order valence-electron chi connectivity index (χ4n) is 2.28. The minimum absolute atomic E-state index is 0.348. The third kappa shape index (κ3) is 4.39. The zero-order chi connectivity index (χ0) is 14.2. The van der Waals surface area contributed by atoms with Crippen molar-refractivity contribution in [3.05, 3.63) is 65.7 Å². The minimum atomic E-state index is 0.348. The van der Waals surface area contributed by atoms with E-state index in [0.29, 0.717) is 6.04 Å². The molecule has 2 aromatic carbocycles. The van der Waals surface area contributed by atoms with Gasteiger partial charge in [0.15, 0.2) is 0 Å². The summed E-state index contributed by atoms with van der Waals surface area (Å²) < 4.78 is 5.26. The van der Waals surface area contributed by atoms with Crippen molar-refractivity contribution in [3.63, 3.8) is 0 Å². The third-order valence-electron chi connectivity index (χ3n) is 3.53. The Bertz CT molecular complexity index is 510. The van der Waals surface area contributed by atoms with Crippen molar-refractivity contribution in [2.75, 3.05) is 13.7 Å². The summed E-state index contributed by atoms with van der Waals surface area (Å²) in [5.74, 6) is 0.917. The number of hydrogen-bond donors (Lipinski definition) is 1. The Morgan fingerprint density at radius 2 is 1.85 bits per heavy atom. The molecule has 0 fully saturated rings. The summed E-state index contributed by atoms with van der Waals surface area (Å²) in [6.45, 7) is 3.21. The molecule has 0 aliphatic carbocycles. The van der Waals surface area contributed by atoms with E-state index in [0.717, 1.165) is 25.1 Å². The summed E-state index contributed by atoms with van der Waals surface area (Å²) in [5, 5.41) is 3.56. The molecule has 0 radical (unpaired) electrons. The van der Waals surface area contributed by atoms with Gasteiger partial charge in [0, 0.05) is 6.04 Å². The SMILES string of the molecule is COc1cccc([C@@H](C)NCCCc2ccccc2)c1. The fourth-order valence-corrected chi connectivity index (χ4v) is 2.28. The van der Waals surface area contributed by atoms with Crippen LogP contribution in [0.25, 0.3) is 0 Å². The van der Waals surface area contributed by atoms with Crippen LogP contribution in [0.15, 0.2) is 54.6 Å². The van der Waals surface area contributed by atoms with E-state index in [1.807, 2.05) is 12.1 Å². The molecule has 0 aromatic heterocycles. The molecule has 0 saturated heterocycles. The lowest BCUT2D eigenvalue weighted by atomic mass is 10.1. The quantitative estimate of drug-likeness (QED) is 0.768. The zero-order valence-corrected chi connectivity index (χ0v) is 12.3. The van der Waals surface area contributed by atoms with Gasteiger partial charge in [-0.2, -0.15) is 0 Å². The zero-order valence-electron chi connectivity index (χ0n) is 12.3. The standard InChI is InChI=1S/C18H23NO/c1-15(17-11-6-12-18(14-17)20-2)19-13-7-10-16-8-4-3-5-9-16/h3-6,8-9,11-12,14-15,19H,7,10,13H2,1-2H3/t15-/m1/s1. The number of ether oxygens (including phenoxy) is 1. The lowest BCUT2D eigenvalue weighted by molar-refractivity contribution is 0.413. The van der Waals surface area contributed by atoms with Gasteiger partial charge in [-0.1, -0.05) is 42.5 Å². The van der Waals surface area contributed by atoms with Crippen LogP contribution in [0.3, 0.4) is 0 Å². The molecule has 106 valence electrons. The first kappa shape index (κ1) is 14.6. The van der Waals surface area contributed by atoms with Gasteiger partial charge in [-0.05, 0) is 49.6 Å². The topological polar surface area (TPSA) is 21.3 Å². The molecule has 0 heterocycles. The molecule has 2 rings (SSSR count). The molecule has 20 heavy (non-hydrogen) atoms. The first-order valence-electron chi connectivity index (χ1n) is 7.21. The normalized spacial score (nSPS) is 12.1. The van der Waals surface area contributed by atoms with Crippen LogP contribution in [-0.4, -0.2) is 13.7 Å². The van der Waals surface area contributed by atoms with Crippen LogP contribution in [-0.2, 0) is 6.42 Å². The first-order chi connectivity index (χ1) is 9.79. The van der Waals surface area contributed by atoms with Crippen LogP contribution < -0.4 is 10.1 Å². The maximum absolute atomic E-state index is 5.26. The van der Waals surface area contributed by atoms with Crippen LogP contribution >= 0.6 is 0 Å². The Hall–Kier alpha value is -1.80. The van der Waals surface area contributed by atoms with Crippen molar-refractivity contribution in [2.24, 2.45) is 0 Å². The second kappa shape index (κ2) is 7.71. The monoisotopic (exact) mass is 269 g/mol. The van der Waals surface area contributed by atoms with E-state index in [2.05, 4.69) is 54.7 Å². The highest BCUT2D eigenvalue weighted by Gasteiger charge is 2.05. The summed E-state index contributed by atoms with van der Waals surface area (Å²) in [6, 6.07) is 19.2. The van der Waals surface area contributed by atoms with Gasteiger partial charge in [0.1, 0.15) is 5.75 Å². The van der Waals surface area contributed by atoms with Crippen molar-refractivity contribution in [1.82, 2.24) is 5.32 Å². The van der Waals surface area contributed by atoms with Crippen molar-refractivity contribution >= 4 is 0 Å². The molecule has 0 aliphatic rings.